The van der Waals surface area contributed by atoms with E-state index in [4.69, 9.17) is 0 Å². The number of carbonyl (C=O) groups is 1. The lowest BCUT2D eigenvalue weighted by Crippen LogP contribution is -2.45. The monoisotopic (exact) mass is 335 g/mol. The van der Waals surface area contributed by atoms with Crippen LogP contribution in [0.1, 0.15) is 24.8 Å². The van der Waals surface area contributed by atoms with Gasteiger partial charge >= 0.3 is 6.18 Å². The highest BCUT2D eigenvalue weighted by atomic mass is 35.5. The molecule has 2 aliphatic heterocycles. The van der Waals surface area contributed by atoms with Gasteiger partial charge in [0, 0.05) is 19.3 Å². The Labute approximate surface area is 132 Å². The summed E-state index contributed by atoms with van der Waals surface area (Å²) in [6.45, 7) is 1.91. The molecule has 0 aromatic carbocycles. The maximum Gasteiger partial charge on any atom is 0.416 e. The highest BCUT2D eigenvalue weighted by Gasteiger charge is 2.48. The number of piperidine rings is 1. The Morgan fingerprint density at radius 1 is 1.32 bits per heavy atom. The maximum absolute atomic E-state index is 12.8. The zero-order chi connectivity index (χ0) is 15.1. The molecule has 0 bridgehead atoms. The molecule has 2 saturated heterocycles. The minimum absolute atomic E-state index is 0. The predicted molar refractivity (Wildman–Crippen MR) is 78.0 cm³/mol. The molecule has 8 heteroatoms. The number of hydrogen-bond donors (Lipinski definition) is 1. The standard InChI is InChI=1S/C14H16F3N3O.ClH/c15-14(16,17)10-2-6-19-11(8-10)20-7-4-13(12(20)21)3-1-5-18-9-13;/h2,6,8,18H,1,3-5,7,9H2;1H. The first-order valence-electron chi connectivity index (χ1n) is 6.98. The van der Waals surface area contributed by atoms with Crippen LogP contribution in [0.25, 0.3) is 0 Å². The summed E-state index contributed by atoms with van der Waals surface area (Å²) in [7, 11) is 0. The summed E-state index contributed by atoms with van der Waals surface area (Å²) in [6.07, 6.45) is -0.958. The van der Waals surface area contributed by atoms with Gasteiger partial charge in [0.05, 0.1) is 11.0 Å². The largest absolute Gasteiger partial charge is 0.416 e. The number of halogens is 4. The molecule has 1 atom stereocenters. The van der Waals surface area contributed by atoms with Crippen molar-refractivity contribution >= 4 is 24.1 Å². The Hall–Kier alpha value is -1.34. The molecule has 2 fully saturated rings. The first kappa shape index (κ1) is 17.0. The molecule has 1 unspecified atom stereocenters. The summed E-state index contributed by atoms with van der Waals surface area (Å²) >= 11 is 0. The Morgan fingerprint density at radius 2 is 2.09 bits per heavy atom. The molecule has 0 saturated carbocycles. The minimum Gasteiger partial charge on any atom is -0.316 e. The van der Waals surface area contributed by atoms with E-state index in [1.165, 1.54) is 4.90 Å². The number of carbonyl (C=O) groups excluding carboxylic acids is 1. The Balaban J connectivity index is 0.00000176. The smallest absolute Gasteiger partial charge is 0.316 e. The van der Waals surface area contributed by atoms with Gasteiger partial charge < -0.3 is 5.32 Å². The van der Waals surface area contributed by atoms with Gasteiger partial charge in [-0.2, -0.15) is 13.2 Å². The number of pyridine rings is 1. The van der Waals surface area contributed by atoms with Crippen LogP contribution in [0.2, 0.25) is 0 Å². The highest BCUT2D eigenvalue weighted by Crippen LogP contribution is 2.40. The van der Waals surface area contributed by atoms with Gasteiger partial charge in [-0.15, -0.1) is 12.4 Å². The third-order valence-electron chi connectivity index (χ3n) is 4.33. The van der Waals surface area contributed by atoms with E-state index in [9.17, 15) is 18.0 Å². The van der Waals surface area contributed by atoms with E-state index in [0.29, 0.717) is 19.5 Å². The van der Waals surface area contributed by atoms with Crippen LogP contribution in [-0.2, 0) is 11.0 Å². The lowest BCUT2D eigenvalue weighted by molar-refractivity contribution is -0.137. The molecular weight excluding hydrogens is 319 g/mol. The molecule has 0 radical (unpaired) electrons. The number of anilines is 1. The fourth-order valence-electron chi connectivity index (χ4n) is 3.15. The third-order valence-corrected chi connectivity index (χ3v) is 4.33. The normalized spacial score (nSPS) is 25.4. The number of alkyl halides is 3. The van der Waals surface area contributed by atoms with Crippen molar-refractivity contribution in [2.24, 2.45) is 5.41 Å². The van der Waals surface area contributed by atoms with Crippen molar-refractivity contribution in [3.63, 3.8) is 0 Å². The average Bonchev–Trinajstić information content (AvgIpc) is 2.76. The molecule has 3 rings (SSSR count). The summed E-state index contributed by atoms with van der Waals surface area (Å²) in [5.41, 5.74) is -1.24. The molecule has 1 spiro atoms. The number of nitrogens with one attached hydrogen (secondary N) is 1. The van der Waals surface area contributed by atoms with Crippen LogP contribution in [0.4, 0.5) is 19.0 Å². The zero-order valence-corrected chi connectivity index (χ0v) is 12.6. The van der Waals surface area contributed by atoms with E-state index >= 15 is 0 Å². The van der Waals surface area contributed by atoms with Crippen molar-refractivity contribution in [2.75, 3.05) is 24.5 Å². The van der Waals surface area contributed by atoms with E-state index < -0.39 is 17.2 Å². The van der Waals surface area contributed by atoms with Crippen molar-refractivity contribution in [3.05, 3.63) is 23.9 Å². The van der Waals surface area contributed by atoms with Gasteiger partial charge in [-0.25, -0.2) is 4.98 Å². The van der Waals surface area contributed by atoms with Crippen LogP contribution in [-0.4, -0.2) is 30.5 Å². The van der Waals surface area contributed by atoms with Gasteiger partial charge in [-0.1, -0.05) is 0 Å². The highest BCUT2D eigenvalue weighted by molar-refractivity contribution is 5.99. The molecule has 1 N–H and O–H groups in total. The zero-order valence-electron chi connectivity index (χ0n) is 11.8. The Morgan fingerprint density at radius 3 is 2.73 bits per heavy atom. The molecule has 1 aromatic heterocycles. The molecule has 122 valence electrons. The number of nitrogens with zero attached hydrogens (tertiary/aromatic N) is 2. The maximum atomic E-state index is 12.8. The molecule has 3 heterocycles. The lowest BCUT2D eigenvalue weighted by Gasteiger charge is -2.32. The van der Waals surface area contributed by atoms with Crippen LogP contribution in [0.5, 0.6) is 0 Å². The Bertz CT molecular complexity index is 559. The van der Waals surface area contributed by atoms with Crippen LogP contribution >= 0.6 is 12.4 Å². The van der Waals surface area contributed by atoms with E-state index in [2.05, 4.69) is 10.3 Å². The molecule has 22 heavy (non-hydrogen) atoms. The number of aromatic nitrogens is 1. The second kappa shape index (κ2) is 6.04. The fourth-order valence-corrected chi connectivity index (χ4v) is 3.15. The SMILES string of the molecule is Cl.O=C1N(c2cc(C(F)(F)F)ccn2)CCC12CCCNC2. The first-order valence-corrected chi connectivity index (χ1v) is 6.98. The molecule has 0 aliphatic carbocycles. The van der Waals surface area contributed by atoms with Crippen LogP contribution in [0, 0.1) is 5.41 Å². The molecule has 2 aliphatic rings. The summed E-state index contributed by atoms with van der Waals surface area (Å²) < 4.78 is 38.3. The summed E-state index contributed by atoms with van der Waals surface area (Å²) in [6, 6.07) is 1.87. The quantitative estimate of drug-likeness (QED) is 0.858. The van der Waals surface area contributed by atoms with Gasteiger partial charge in [-0.05, 0) is 37.9 Å². The van der Waals surface area contributed by atoms with Crippen molar-refractivity contribution in [1.82, 2.24) is 10.3 Å². The van der Waals surface area contributed by atoms with E-state index in [1.54, 1.807) is 0 Å². The van der Waals surface area contributed by atoms with Gasteiger partial charge in [0.1, 0.15) is 5.82 Å². The average molecular weight is 336 g/mol. The van der Waals surface area contributed by atoms with Crippen molar-refractivity contribution in [1.29, 1.82) is 0 Å². The summed E-state index contributed by atoms with van der Waals surface area (Å²) in [5.74, 6) is -0.0150. The molecule has 4 nitrogen and oxygen atoms in total. The van der Waals surface area contributed by atoms with E-state index in [1.807, 2.05) is 0 Å². The van der Waals surface area contributed by atoms with Gasteiger partial charge in [-0.3, -0.25) is 9.69 Å². The Kier molecular flexibility index (Phi) is 4.67. The fraction of sp³-hybridized carbons (Fsp3) is 0.571. The molecule has 1 aromatic rings. The van der Waals surface area contributed by atoms with Crippen molar-refractivity contribution in [2.45, 2.75) is 25.4 Å². The number of amides is 1. The summed E-state index contributed by atoms with van der Waals surface area (Å²) in [4.78, 5) is 17.9. The van der Waals surface area contributed by atoms with Crippen LogP contribution < -0.4 is 10.2 Å². The minimum atomic E-state index is -4.43. The summed E-state index contributed by atoms with van der Waals surface area (Å²) in [5, 5.41) is 3.21. The van der Waals surface area contributed by atoms with Crippen LogP contribution in [0.3, 0.4) is 0 Å². The predicted octanol–water partition coefficient (Wildman–Crippen LogP) is 2.63. The van der Waals surface area contributed by atoms with Gasteiger partial charge in [0.2, 0.25) is 5.91 Å². The van der Waals surface area contributed by atoms with Crippen LogP contribution in [0.15, 0.2) is 18.3 Å². The van der Waals surface area contributed by atoms with E-state index in [0.717, 1.165) is 37.7 Å². The first-order chi connectivity index (χ1) is 9.92. The number of rotatable bonds is 1. The van der Waals surface area contributed by atoms with Gasteiger partial charge in [0.25, 0.3) is 0 Å². The second-order valence-electron chi connectivity index (χ2n) is 5.67. The van der Waals surface area contributed by atoms with Crippen molar-refractivity contribution in [3.8, 4) is 0 Å². The topological polar surface area (TPSA) is 45.2 Å². The molecule has 1 amide bonds. The van der Waals surface area contributed by atoms with Gasteiger partial charge in [0.15, 0.2) is 0 Å². The van der Waals surface area contributed by atoms with E-state index in [-0.39, 0.29) is 24.1 Å². The lowest BCUT2D eigenvalue weighted by atomic mass is 9.79. The molecular formula is C14H17ClF3N3O. The third kappa shape index (κ3) is 2.92. The van der Waals surface area contributed by atoms with Crippen molar-refractivity contribution < 1.29 is 18.0 Å². The number of hydrogen-bond acceptors (Lipinski definition) is 3. The second-order valence-corrected chi connectivity index (χ2v) is 5.67.